The molecule has 0 aliphatic rings. The molecule has 1 aromatic rings. The number of nitrogens with zero attached hydrogens (tertiary/aromatic N) is 2. The summed E-state index contributed by atoms with van der Waals surface area (Å²) >= 11 is 0. The fourth-order valence-electron chi connectivity index (χ4n) is 1.89. The summed E-state index contributed by atoms with van der Waals surface area (Å²) in [4.78, 5) is 11.7. The minimum Gasteiger partial charge on any atom is -0.465 e. The number of hydrogen-bond acceptors (Lipinski definition) is 4. The second-order valence-electron chi connectivity index (χ2n) is 4.39. The Balaban J connectivity index is 2.56. The molecule has 0 fully saturated rings. The van der Waals surface area contributed by atoms with Crippen molar-refractivity contribution in [2.75, 3.05) is 6.61 Å². The number of carbonyl (C=O) groups excluding carboxylic acids is 1. The van der Waals surface area contributed by atoms with Gasteiger partial charge in [-0.2, -0.15) is 5.10 Å². The first-order chi connectivity index (χ1) is 8.58. The zero-order valence-corrected chi connectivity index (χ0v) is 11.7. The maximum Gasteiger partial charge on any atom is 0.323 e. The molecule has 0 aliphatic heterocycles. The summed E-state index contributed by atoms with van der Waals surface area (Å²) < 4.78 is 6.84. The Morgan fingerprint density at radius 2 is 2.28 bits per heavy atom. The number of hydrogen-bond donors (Lipinski definition) is 1. The topological polar surface area (TPSA) is 56.2 Å². The second kappa shape index (κ2) is 7.16. The maximum absolute atomic E-state index is 11.7. The van der Waals surface area contributed by atoms with E-state index < -0.39 is 0 Å². The van der Waals surface area contributed by atoms with Crippen LogP contribution in [0.1, 0.15) is 37.9 Å². The lowest BCUT2D eigenvalue weighted by Crippen LogP contribution is -2.37. The van der Waals surface area contributed by atoms with Crippen LogP contribution in [0.3, 0.4) is 0 Å². The summed E-state index contributed by atoms with van der Waals surface area (Å²) in [5.74, 6) is -0.166. The first kappa shape index (κ1) is 14.7. The van der Waals surface area contributed by atoms with Crippen molar-refractivity contribution in [3.63, 3.8) is 0 Å². The van der Waals surface area contributed by atoms with Crippen molar-refractivity contribution in [1.29, 1.82) is 0 Å². The van der Waals surface area contributed by atoms with Crippen LogP contribution in [0, 0.1) is 6.92 Å². The SMILES string of the molecule is CCCC(NCc1cn(C)nc1C)C(=O)OCC. The Morgan fingerprint density at radius 1 is 1.56 bits per heavy atom. The summed E-state index contributed by atoms with van der Waals surface area (Å²) in [7, 11) is 1.89. The lowest BCUT2D eigenvalue weighted by Gasteiger charge is -2.16. The van der Waals surface area contributed by atoms with Gasteiger partial charge in [0.1, 0.15) is 6.04 Å². The van der Waals surface area contributed by atoms with E-state index in [0.717, 1.165) is 24.1 Å². The zero-order valence-electron chi connectivity index (χ0n) is 11.7. The third-order valence-corrected chi connectivity index (χ3v) is 2.80. The molecule has 0 aliphatic carbocycles. The van der Waals surface area contributed by atoms with E-state index in [1.165, 1.54) is 0 Å². The monoisotopic (exact) mass is 253 g/mol. The Kier molecular flexibility index (Phi) is 5.85. The normalized spacial score (nSPS) is 12.4. The molecule has 1 unspecified atom stereocenters. The molecule has 0 bridgehead atoms. The van der Waals surface area contributed by atoms with E-state index in [9.17, 15) is 4.79 Å². The molecule has 1 N–H and O–H groups in total. The van der Waals surface area contributed by atoms with Crippen LogP contribution in [0.4, 0.5) is 0 Å². The van der Waals surface area contributed by atoms with E-state index in [1.54, 1.807) is 4.68 Å². The van der Waals surface area contributed by atoms with Gasteiger partial charge in [0.05, 0.1) is 12.3 Å². The van der Waals surface area contributed by atoms with Gasteiger partial charge >= 0.3 is 5.97 Å². The van der Waals surface area contributed by atoms with Crippen molar-refractivity contribution in [1.82, 2.24) is 15.1 Å². The third-order valence-electron chi connectivity index (χ3n) is 2.80. The second-order valence-corrected chi connectivity index (χ2v) is 4.39. The average Bonchev–Trinajstić information content (AvgIpc) is 2.63. The van der Waals surface area contributed by atoms with Crippen LogP contribution in [0.5, 0.6) is 0 Å². The smallest absolute Gasteiger partial charge is 0.323 e. The Hall–Kier alpha value is -1.36. The van der Waals surface area contributed by atoms with E-state index in [4.69, 9.17) is 4.74 Å². The lowest BCUT2D eigenvalue weighted by atomic mass is 10.1. The predicted octanol–water partition coefficient (Wildman–Crippen LogP) is 1.55. The van der Waals surface area contributed by atoms with Crippen molar-refractivity contribution in [3.05, 3.63) is 17.5 Å². The summed E-state index contributed by atoms with van der Waals surface area (Å²) in [5.41, 5.74) is 2.10. The first-order valence-electron chi connectivity index (χ1n) is 6.47. The van der Waals surface area contributed by atoms with Gasteiger partial charge in [0, 0.05) is 25.4 Å². The van der Waals surface area contributed by atoms with Crippen LogP contribution in [-0.4, -0.2) is 28.4 Å². The van der Waals surface area contributed by atoms with Gasteiger partial charge in [0.15, 0.2) is 0 Å². The number of aryl methyl sites for hydroxylation is 2. The lowest BCUT2D eigenvalue weighted by molar-refractivity contribution is -0.145. The minimum atomic E-state index is -0.227. The zero-order chi connectivity index (χ0) is 13.5. The molecule has 5 heteroatoms. The molecule has 1 aromatic heterocycles. The molecule has 0 amide bonds. The number of esters is 1. The molecular formula is C13H23N3O2. The van der Waals surface area contributed by atoms with Gasteiger partial charge in [0.2, 0.25) is 0 Å². The number of carbonyl (C=O) groups is 1. The highest BCUT2D eigenvalue weighted by molar-refractivity contribution is 5.75. The number of ether oxygens (including phenoxy) is 1. The van der Waals surface area contributed by atoms with Crippen molar-refractivity contribution >= 4 is 5.97 Å². The van der Waals surface area contributed by atoms with Crippen LogP contribution in [0.2, 0.25) is 0 Å². The van der Waals surface area contributed by atoms with Crippen LogP contribution in [0.25, 0.3) is 0 Å². The first-order valence-corrected chi connectivity index (χ1v) is 6.47. The number of rotatable bonds is 7. The molecule has 0 saturated carbocycles. The molecule has 5 nitrogen and oxygen atoms in total. The van der Waals surface area contributed by atoms with E-state index in [0.29, 0.717) is 13.2 Å². The average molecular weight is 253 g/mol. The van der Waals surface area contributed by atoms with Crippen molar-refractivity contribution < 1.29 is 9.53 Å². The van der Waals surface area contributed by atoms with Gasteiger partial charge in [-0.05, 0) is 20.3 Å². The van der Waals surface area contributed by atoms with E-state index >= 15 is 0 Å². The molecule has 1 atom stereocenters. The Labute approximate surface area is 109 Å². The highest BCUT2D eigenvalue weighted by atomic mass is 16.5. The highest BCUT2D eigenvalue weighted by Crippen LogP contribution is 2.06. The number of nitrogens with one attached hydrogen (secondary N) is 1. The standard InChI is InChI=1S/C13H23N3O2/c1-5-7-12(13(17)18-6-2)14-8-11-9-16(4)15-10(11)3/h9,12,14H,5-8H2,1-4H3. The Bertz CT molecular complexity index is 388. The molecule has 1 heterocycles. The van der Waals surface area contributed by atoms with Crippen LogP contribution in [-0.2, 0) is 23.1 Å². The minimum absolute atomic E-state index is 0.166. The van der Waals surface area contributed by atoms with Gasteiger partial charge < -0.3 is 10.1 Å². The molecule has 18 heavy (non-hydrogen) atoms. The van der Waals surface area contributed by atoms with E-state index in [2.05, 4.69) is 17.3 Å². The summed E-state index contributed by atoms with van der Waals surface area (Å²) in [6.45, 7) is 6.92. The van der Waals surface area contributed by atoms with Crippen molar-refractivity contribution in [3.8, 4) is 0 Å². The van der Waals surface area contributed by atoms with Gasteiger partial charge in [-0.3, -0.25) is 9.48 Å². The maximum atomic E-state index is 11.7. The molecule has 0 spiro atoms. The molecule has 0 saturated heterocycles. The molecule has 102 valence electrons. The van der Waals surface area contributed by atoms with Crippen LogP contribution < -0.4 is 5.32 Å². The van der Waals surface area contributed by atoms with Crippen molar-refractivity contribution in [2.24, 2.45) is 7.05 Å². The van der Waals surface area contributed by atoms with E-state index in [1.807, 2.05) is 27.1 Å². The van der Waals surface area contributed by atoms with Gasteiger partial charge in [-0.15, -0.1) is 0 Å². The largest absolute Gasteiger partial charge is 0.465 e. The fraction of sp³-hybridized carbons (Fsp3) is 0.692. The molecule has 0 aromatic carbocycles. The van der Waals surface area contributed by atoms with Crippen LogP contribution >= 0.6 is 0 Å². The van der Waals surface area contributed by atoms with Crippen LogP contribution in [0.15, 0.2) is 6.20 Å². The quantitative estimate of drug-likeness (QED) is 0.749. The number of aromatic nitrogens is 2. The predicted molar refractivity (Wildman–Crippen MR) is 70.1 cm³/mol. The summed E-state index contributed by atoms with van der Waals surface area (Å²) in [6.07, 6.45) is 3.71. The fourth-order valence-corrected chi connectivity index (χ4v) is 1.89. The highest BCUT2D eigenvalue weighted by Gasteiger charge is 2.18. The van der Waals surface area contributed by atoms with Gasteiger partial charge in [-0.25, -0.2) is 0 Å². The molecular weight excluding hydrogens is 230 g/mol. The molecule has 0 radical (unpaired) electrons. The Morgan fingerprint density at radius 3 is 2.78 bits per heavy atom. The van der Waals surface area contributed by atoms with E-state index in [-0.39, 0.29) is 12.0 Å². The van der Waals surface area contributed by atoms with Gasteiger partial charge in [-0.1, -0.05) is 13.3 Å². The summed E-state index contributed by atoms with van der Waals surface area (Å²) in [5, 5.41) is 7.52. The van der Waals surface area contributed by atoms with Crippen molar-refractivity contribution in [2.45, 2.75) is 46.2 Å². The van der Waals surface area contributed by atoms with Gasteiger partial charge in [0.25, 0.3) is 0 Å². The molecule has 1 rings (SSSR count). The summed E-state index contributed by atoms with van der Waals surface area (Å²) in [6, 6.07) is -0.227. The third kappa shape index (κ3) is 4.14.